The van der Waals surface area contributed by atoms with Crippen molar-refractivity contribution in [1.82, 2.24) is 5.32 Å². The number of hydrogen-bond acceptors (Lipinski definition) is 2. The fourth-order valence-corrected chi connectivity index (χ4v) is 2.97. The van der Waals surface area contributed by atoms with Gasteiger partial charge in [0.1, 0.15) is 0 Å². The van der Waals surface area contributed by atoms with Crippen molar-refractivity contribution < 1.29 is 14.7 Å². The highest BCUT2D eigenvalue weighted by Crippen LogP contribution is 2.29. The molecular formula is C17H23NO3. The van der Waals surface area contributed by atoms with Gasteiger partial charge in [0.25, 0.3) is 5.91 Å². The molecule has 0 bridgehead atoms. The van der Waals surface area contributed by atoms with Gasteiger partial charge in [0, 0.05) is 6.54 Å². The van der Waals surface area contributed by atoms with Gasteiger partial charge in [-0.05, 0) is 30.4 Å². The smallest absolute Gasteiger partial charge is 0.336 e. The molecule has 114 valence electrons. The minimum absolute atomic E-state index is 0.0569. The van der Waals surface area contributed by atoms with Crippen LogP contribution in [0.3, 0.4) is 0 Å². The van der Waals surface area contributed by atoms with Gasteiger partial charge in [0.15, 0.2) is 0 Å². The van der Waals surface area contributed by atoms with Crippen LogP contribution in [0.5, 0.6) is 0 Å². The minimum Gasteiger partial charge on any atom is -0.478 e. The maximum absolute atomic E-state index is 12.1. The van der Waals surface area contributed by atoms with E-state index in [1.807, 2.05) is 0 Å². The molecule has 0 heterocycles. The highest BCUT2D eigenvalue weighted by Gasteiger charge is 2.19. The Morgan fingerprint density at radius 2 is 1.76 bits per heavy atom. The second-order valence-corrected chi connectivity index (χ2v) is 6.02. The predicted octanol–water partition coefficient (Wildman–Crippen LogP) is 3.33. The molecule has 2 rings (SSSR count). The third-order valence-electron chi connectivity index (χ3n) is 4.38. The average Bonchev–Trinajstić information content (AvgIpc) is 2.49. The first-order valence-electron chi connectivity index (χ1n) is 7.68. The van der Waals surface area contributed by atoms with E-state index in [-0.39, 0.29) is 17.0 Å². The first-order chi connectivity index (χ1) is 10.1. The molecular weight excluding hydrogens is 266 g/mol. The zero-order valence-corrected chi connectivity index (χ0v) is 12.5. The lowest BCUT2D eigenvalue weighted by atomic mass is 9.81. The zero-order valence-electron chi connectivity index (χ0n) is 12.5. The van der Waals surface area contributed by atoms with E-state index in [0.29, 0.717) is 12.5 Å². The number of carboxylic acids is 1. The highest BCUT2D eigenvalue weighted by atomic mass is 16.4. The summed E-state index contributed by atoms with van der Waals surface area (Å²) in [5.74, 6) is 0.161. The molecule has 0 aliphatic heterocycles. The van der Waals surface area contributed by atoms with Crippen molar-refractivity contribution in [3.05, 3.63) is 35.4 Å². The van der Waals surface area contributed by atoms with E-state index in [1.165, 1.54) is 31.7 Å². The molecule has 1 amide bonds. The van der Waals surface area contributed by atoms with E-state index < -0.39 is 5.97 Å². The van der Waals surface area contributed by atoms with Crippen molar-refractivity contribution in [2.75, 3.05) is 6.54 Å². The second kappa shape index (κ2) is 7.25. The van der Waals surface area contributed by atoms with E-state index in [9.17, 15) is 9.59 Å². The maximum atomic E-state index is 12.1. The maximum Gasteiger partial charge on any atom is 0.336 e. The molecule has 0 unspecified atom stereocenters. The number of benzene rings is 1. The van der Waals surface area contributed by atoms with E-state index >= 15 is 0 Å². The van der Waals surface area contributed by atoms with Gasteiger partial charge in [0.2, 0.25) is 0 Å². The number of rotatable bonds is 5. The van der Waals surface area contributed by atoms with Crippen LogP contribution in [0.15, 0.2) is 24.3 Å². The standard InChI is InChI=1S/C17H23NO3/c1-12-6-8-13(9-7-12)10-11-18-16(19)14-4-2-3-5-15(14)17(20)21/h2-5,12-13H,6-11H2,1H3,(H,18,19)(H,20,21). The van der Waals surface area contributed by atoms with Gasteiger partial charge >= 0.3 is 5.97 Å². The first-order valence-corrected chi connectivity index (χ1v) is 7.68. The van der Waals surface area contributed by atoms with Crippen molar-refractivity contribution in [3.8, 4) is 0 Å². The lowest BCUT2D eigenvalue weighted by molar-refractivity contribution is 0.0691. The van der Waals surface area contributed by atoms with Crippen LogP contribution >= 0.6 is 0 Å². The van der Waals surface area contributed by atoms with Crippen LogP contribution in [0.4, 0.5) is 0 Å². The molecule has 0 radical (unpaired) electrons. The third kappa shape index (κ3) is 4.31. The molecule has 1 aliphatic carbocycles. The Morgan fingerprint density at radius 3 is 2.38 bits per heavy atom. The molecule has 1 aliphatic rings. The van der Waals surface area contributed by atoms with E-state index in [0.717, 1.165) is 12.3 Å². The Morgan fingerprint density at radius 1 is 1.14 bits per heavy atom. The monoisotopic (exact) mass is 289 g/mol. The molecule has 1 saturated carbocycles. The minimum atomic E-state index is -1.07. The van der Waals surface area contributed by atoms with Crippen LogP contribution in [0.25, 0.3) is 0 Å². The van der Waals surface area contributed by atoms with Crippen molar-refractivity contribution in [1.29, 1.82) is 0 Å². The fraction of sp³-hybridized carbons (Fsp3) is 0.529. The van der Waals surface area contributed by atoms with Crippen LogP contribution in [0, 0.1) is 11.8 Å². The SMILES string of the molecule is CC1CCC(CCNC(=O)c2ccccc2C(=O)O)CC1. The number of carboxylic acid groups (broad SMARTS) is 1. The molecule has 1 aromatic rings. The summed E-state index contributed by atoms with van der Waals surface area (Å²) in [6.45, 7) is 2.91. The van der Waals surface area contributed by atoms with E-state index in [4.69, 9.17) is 5.11 Å². The lowest BCUT2D eigenvalue weighted by Crippen LogP contribution is -2.28. The third-order valence-corrected chi connectivity index (χ3v) is 4.38. The molecule has 2 N–H and O–H groups in total. The summed E-state index contributed by atoms with van der Waals surface area (Å²) in [6.07, 6.45) is 6.01. The van der Waals surface area contributed by atoms with Crippen LogP contribution < -0.4 is 5.32 Å². The Labute approximate surface area is 125 Å². The van der Waals surface area contributed by atoms with Crippen LogP contribution in [0.1, 0.15) is 59.7 Å². The molecule has 0 saturated heterocycles. The normalized spacial score (nSPS) is 21.8. The van der Waals surface area contributed by atoms with Gasteiger partial charge in [-0.1, -0.05) is 44.7 Å². The van der Waals surface area contributed by atoms with Gasteiger partial charge in [-0.25, -0.2) is 4.79 Å². The van der Waals surface area contributed by atoms with Crippen molar-refractivity contribution in [2.24, 2.45) is 11.8 Å². The summed E-state index contributed by atoms with van der Waals surface area (Å²) >= 11 is 0. The summed E-state index contributed by atoms with van der Waals surface area (Å²) in [4.78, 5) is 23.2. The summed E-state index contributed by atoms with van der Waals surface area (Å²) < 4.78 is 0. The van der Waals surface area contributed by atoms with E-state index in [1.54, 1.807) is 18.2 Å². The Hall–Kier alpha value is -1.84. The second-order valence-electron chi connectivity index (χ2n) is 6.02. The summed E-state index contributed by atoms with van der Waals surface area (Å²) in [7, 11) is 0. The number of carbonyl (C=O) groups is 2. The quantitative estimate of drug-likeness (QED) is 0.873. The highest BCUT2D eigenvalue weighted by molar-refractivity contribution is 6.04. The first kappa shape index (κ1) is 15.5. The number of hydrogen-bond donors (Lipinski definition) is 2. The van der Waals surface area contributed by atoms with Gasteiger partial charge < -0.3 is 10.4 Å². The predicted molar refractivity (Wildman–Crippen MR) is 81.5 cm³/mol. The fourth-order valence-electron chi connectivity index (χ4n) is 2.97. The zero-order chi connectivity index (χ0) is 15.2. The number of nitrogens with one attached hydrogen (secondary N) is 1. The number of amides is 1. The largest absolute Gasteiger partial charge is 0.478 e. The molecule has 21 heavy (non-hydrogen) atoms. The molecule has 1 aromatic carbocycles. The number of carbonyl (C=O) groups excluding carboxylic acids is 1. The number of aromatic carboxylic acids is 1. The molecule has 0 atom stereocenters. The summed E-state index contributed by atoms with van der Waals surface area (Å²) in [5.41, 5.74) is 0.295. The molecule has 1 fully saturated rings. The Bertz CT molecular complexity index is 505. The van der Waals surface area contributed by atoms with Crippen molar-refractivity contribution in [2.45, 2.75) is 39.0 Å². The van der Waals surface area contributed by atoms with Gasteiger partial charge in [-0.2, -0.15) is 0 Å². The van der Waals surface area contributed by atoms with Crippen LogP contribution in [-0.2, 0) is 0 Å². The van der Waals surface area contributed by atoms with E-state index in [2.05, 4.69) is 12.2 Å². The Kier molecular flexibility index (Phi) is 5.37. The summed E-state index contributed by atoms with van der Waals surface area (Å²) in [6, 6.07) is 6.33. The summed E-state index contributed by atoms with van der Waals surface area (Å²) in [5, 5.41) is 11.9. The lowest BCUT2D eigenvalue weighted by Gasteiger charge is -2.26. The van der Waals surface area contributed by atoms with Crippen molar-refractivity contribution >= 4 is 11.9 Å². The van der Waals surface area contributed by atoms with Gasteiger partial charge in [-0.3, -0.25) is 4.79 Å². The Balaban J connectivity index is 1.84. The molecule has 4 nitrogen and oxygen atoms in total. The van der Waals surface area contributed by atoms with Gasteiger partial charge in [-0.15, -0.1) is 0 Å². The average molecular weight is 289 g/mol. The van der Waals surface area contributed by atoms with Gasteiger partial charge in [0.05, 0.1) is 11.1 Å². The van der Waals surface area contributed by atoms with Crippen LogP contribution in [-0.4, -0.2) is 23.5 Å². The van der Waals surface area contributed by atoms with Crippen LogP contribution in [0.2, 0.25) is 0 Å². The van der Waals surface area contributed by atoms with Crippen molar-refractivity contribution in [3.63, 3.8) is 0 Å². The molecule has 4 heteroatoms. The topological polar surface area (TPSA) is 66.4 Å². The molecule has 0 aromatic heterocycles. The molecule has 0 spiro atoms.